The molecule has 0 unspecified atom stereocenters. The molecular weight excluding hydrogens is 226 g/mol. The van der Waals surface area contributed by atoms with Crippen LogP contribution in [-0.2, 0) is 11.2 Å². The van der Waals surface area contributed by atoms with Crippen molar-refractivity contribution in [3.05, 3.63) is 35.4 Å². The van der Waals surface area contributed by atoms with Gasteiger partial charge in [-0.1, -0.05) is 24.3 Å². The van der Waals surface area contributed by atoms with Crippen LogP contribution in [0, 0.1) is 5.41 Å². The number of hydrogen-bond acceptors (Lipinski definition) is 2. The van der Waals surface area contributed by atoms with Gasteiger partial charge in [-0.2, -0.15) is 0 Å². The molecule has 4 nitrogen and oxygen atoms in total. The van der Waals surface area contributed by atoms with Crippen molar-refractivity contribution >= 4 is 11.7 Å². The molecule has 1 aliphatic heterocycles. The highest BCUT2D eigenvalue weighted by atomic mass is 16.2. The van der Waals surface area contributed by atoms with Gasteiger partial charge in [0.15, 0.2) is 0 Å². The van der Waals surface area contributed by atoms with E-state index in [1.165, 1.54) is 0 Å². The number of amides is 1. The zero-order chi connectivity index (χ0) is 13.0. The first-order chi connectivity index (χ1) is 8.66. The van der Waals surface area contributed by atoms with Crippen LogP contribution >= 0.6 is 0 Å². The highest BCUT2D eigenvalue weighted by molar-refractivity contribution is 5.94. The summed E-state index contributed by atoms with van der Waals surface area (Å²) in [4.78, 5) is 13.8. The predicted octanol–water partition coefficient (Wildman–Crippen LogP) is 1.53. The third-order valence-electron chi connectivity index (χ3n) is 3.35. The minimum absolute atomic E-state index is 0.0784. The molecule has 0 bridgehead atoms. The number of carbonyl (C=O) groups is 1. The molecule has 0 saturated carbocycles. The Hall–Kier alpha value is -1.84. The fourth-order valence-electron chi connectivity index (χ4n) is 2.23. The van der Waals surface area contributed by atoms with Crippen LogP contribution in [0.15, 0.2) is 24.3 Å². The third-order valence-corrected chi connectivity index (χ3v) is 3.35. The van der Waals surface area contributed by atoms with Crippen LogP contribution in [0.5, 0.6) is 0 Å². The number of nitrogens with two attached hydrogens (primary N) is 1. The second-order valence-corrected chi connectivity index (χ2v) is 4.70. The summed E-state index contributed by atoms with van der Waals surface area (Å²) in [6.07, 6.45) is 3.60. The van der Waals surface area contributed by atoms with Gasteiger partial charge in [0.1, 0.15) is 5.84 Å². The summed E-state index contributed by atoms with van der Waals surface area (Å²) in [7, 11) is 0. The topological polar surface area (TPSA) is 70.2 Å². The molecule has 1 heterocycles. The molecule has 1 aliphatic rings. The molecule has 0 aromatic heterocycles. The SMILES string of the molecule is N=C(N)c1ccc(CCC(=O)N2CCCC2)cc1. The maximum atomic E-state index is 11.9. The number of benzene rings is 1. The number of aryl methyl sites for hydroxylation is 1. The minimum atomic E-state index is 0.0784. The van der Waals surface area contributed by atoms with E-state index in [1.807, 2.05) is 29.2 Å². The first-order valence-corrected chi connectivity index (χ1v) is 6.38. The number of carbonyl (C=O) groups excluding carboxylic acids is 1. The first-order valence-electron chi connectivity index (χ1n) is 6.38. The van der Waals surface area contributed by atoms with Gasteiger partial charge in [-0.3, -0.25) is 10.2 Å². The molecule has 96 valence electrons. The fraction of sp³-hybridized carbons (Fsp3) is 0.429. The van der Waals surface area contributed by atoms with E-state index in [1.54, 1.807) is 0 Å². The van der Waals surface area contributed by atoms with Gasteiger partial charge >= 0.3 is 0 Å². The van der Waals surface area contributed by atoms with E-state index in [0.29, 0.717) is 6.42 Å². The first kappa shape index (κ1) is 12.6. The van der Waals surface area contributed by atoms with E-state index in [4.69, 9.17) is 11.1 Å². The Morgan fingerprint density at radius 2 is 1.83 bits per heavy atom. The van der Waals surface area contributed by atoms with Crippen LogP contribution in [0.4, 0.5) is 0 Å². The molecule has 0 aliphatic carbocycles. The summed E-state index contributed by atoms with van der Waals surface area (Å²) in [5, 5.41) is 7.31. The number of nitrogen functional groups attached to an aromatic ring is 1. The Kier molecular flexibility index (Phi) is 3.97. The quantitative estimate of drug-likeness (QED) is 0.623. The van der Waals surface area contributed by atoms with E-state index < -0.39 is 0 Å². The van der Waals surface area contributed by atoms with Crippen LogP contribution < -0.4 is 5.73 Å². The molecule has 0 spiro atoms. The Bertz CT molecular complexity index is 433. The molecule has 0 radical (unpaired) electrons. The van der Waals surface area contributed by atoms with Gasteiger partial charge in [-0.15, -0.1) is 0 Å². The van der Waals surface area contributed by atoms with Crippen molar-refractivity contribution < 1.29 is 4.79 Å². The standard InChI is InChI=1S/C14H19N3O/c15-14(16)12-6-3-11(4-7-12)5-8-13(18)17-9-1-2-10-17/h3-4,6-7H,1-2,5,8-10H2,(H3,15,16). The number of likely N-dealkylation sites (tertiary alicyclic amines) is 1. The molecule has 18 heavy (non-hydrogen) atoms. The van der Waals surface area contributed by atoms with Gasteiger partial charge in [0.2, 0.25) is 5.91 Å². The van der Waals surface area contributed by atoms with Crippen molar-refractivity contribution in [3.63, 3.8) is 0 Å². The Balaban J connectivity index is 1.86. The summed E-state index contributed by atoms with van der Waals surface area (Å²) >= 11 is 0. The van der Waals surface area contributed by atoms with E-state index in [-0.39, 0.29) is 11.7 Å². The molecule has 1 aromatic rings. The lowest BCUT2D eigenvalue weighted by molar-refractivity contribution is -0.130. The number of amidine groups is 1. The van der Waals surface area contributed by atoms with Crippen molar-refractivity contribution in [2.45, 2.75) is 25.7 Å². The molecule has 2 rings (SSSR count). The van der Waals surface area contributed by atoms with Gasteiger partial charge < -0.3 is 10.6 Å². The summed E-state index contributed by atoms with van der Waals surface area (Å²) in [6.45, 7) is 1.84. The number of nitrogens with zero attached hydrogens (tertiary/aromatic N) is 1. The lowest BCUT2D eigenvalue weighted by atomic mass is 10.1. The number of hydrogen-bond donors (Lipinski definition) is 2. The van der Waals surface area contributed by atoms with Gasteiger partial charge in [-0.05, 0) is 24.8 Å². The minimum Gasteiger partial charge on any atom is -0.384 e. The van der Waals surface area contributed by atoms with Crippen LogP contribution in [0.1, 0.15) is 30.4 Å². The average Bonchev–Trinajstić information content (AvgIpc) is 2.90. The smallest absolute Gasteiger partial charge is 0.222 e. The van der Waals surface area contributed by atoms with Crippen molar-refractivity contribution in [1.29, 1.82) is 5.41 Å². The highest BCUT2D eigenvalue weighted by Crippen LogP contribution is 2.12. The molecule has 1 fully saturated rings. The van der Waals surface area contributed by atoms with E-state index in [2.05, 4.69) is 0 Å². The molecule has 1 saturated heterocycles. The predicted molar refractivity (Wildman–Crippen MR) is 71.6 cm³/mol. The molecule has 1 amide bonds. The molecule has 3 N–H and O–H groups in total. The van der Waals surface area contributed by atoms with Gasteiger partial charge in [-0.25, -0.2) is 0 Å². The number of nitrogens with one attached hydrogen (secondary N) is 1. The maximum absolute atomic E-state index is 11.9. The maximum Gasteiger partial charge on any atom is 0.222 e. The molecule has 4 heteroatoms. The lowest BCUT2D eigenvalue weighted by Gasteiger charge is -2.14. The van der Waals surface area contributed by atoms with E-state index in [0.717, 1.165) is 43.5 Å². The monoisotopic (exact) mass is 245 g/mol. The Morgan fingerprint density at radius 1 is 1.22 bits per heavy atom. The normalized spacial score (nSPS) is 14.8. The van der Waals surface area contributed by atoms with Crippen molar-refractivity contribution in [2.24, 2.45) is 5.73 Å². The van der Waals surface area contributed by atoms with E-state index in [9.17, 15) is 4.79 Å². The summed E-state index contributed by atoms with van der Waals surface area (Å²) in [6, 6.07) is 7.54. The van der Waals surface area contributed by atoms with Gasteiger partial charge in [0, 0.05) is 25.1 Å². The lowest BCUT2D eigenvalue weighted by Crippen LogP contribution is -2.27. The molecule has 1 aromatic carbocycles. The second kappa shape index (κ2) is 5.67. The molecular formula is C14H19N3O. The summed E-state index contributed by atoms with van der Waals surface area (Å²) < 4.78 is 0. The van der Waals surface area contributed by atoms with Crippen LogP contribution in [0.25, 0.3) is 0 Å². The average molecular weight is 245 g/mol. The van der Waals surface area contributed by atoms with Crippen molar-refractivity contribution in [2.75, 3.05) is 13.1 Å². The largest absolute Gasteiger partial charge is 0.384 e. The summed E-state index contributed by atoms with van der Waals surface area (Å²) in [5.74, 6) is 0.331. The Labute approximate surface area is 107 Å². The zero-order valence-electron chi connectivity index (χ0n) is 10.5. The van der Waals surface area contributed by atoms with Crippen LogP contribution in [-0.4, -0.2) is 29.7 Å². The Morgan fingerprint density at radius 3 is 2.39 bits per heavy atom. The van der Waals surface area contributed by atoms with Gasteiger partial charge in [0.05, 0.1) is 0 Å². The fourth-order valence-corrected chi connectivity index (χ4v) is 2.23. The number of rotatable bonds is 4. The third kappa shape index (κ3) is 3.09. The van der Waals surface area contributed by atoms with Crippen LogP contribution in [0.3, 0.4) is 0 Å². The van der Waals surface area contributed by atoms with Crippen molar-refractivity contribution in [1.82, 2.24) is 4.90 Å². The zero-order valence-corrected chi connectivity index (χ0v) is 10.5. The highest BCUT2D eigenvalue weighted by Gasteiger charge is 2.17. The van der Waals surface area contributed by atoms with E-state index >= 15 is 0 Å². The van der Waals surface area contributed by atoms with Crippen LogP contribution in [0.2, 0.25) is 0 Å². The van der Waals surface area contributed by atoms with Crippen molar-refractivity contribution in [3.8, 4) is 0 Å². The van der Waals surface area contributed by atoms with Gasteiger partial charge in [0.25, 0.3) is 0 Å². The summed E-state index contributed by atoms with van der Waals surface area (Å²) in [5.41, 5.74) is 7.24. The second-order valence-electron chi connectivity index (χ2n) is 4.70. The molecule has 0 atom stereocenters.